The van der Waals surface area contributed by atoms with E-state index in [2.05, 4.69) is 10.6 Å². The van der Waals surface area contributed by atoms with Crippen molar-refractivity contribution in [1.29, 1.82) is 0 Å². The van der Waals surface area contributed by atoms with Crippen molar-refractivity contribution in [1.82, 2.24) is 0 Å². The first kappa shape index (κ1) is 15.1. The Morgan fingerprint density at radius 1 is 1.14 bits per heavy atom. The second-order valence-corrected chi connectivity index (χ2v) is 5.08. The predicted octanol–water partition coefficient (Wildman–Crippen LogP) is 4.15. The van der Waals surface area contributed by atoms with Crippen LogP contribution in [-0.4, -0.2) is 10.9 Å². The topological polar surface area (TPSA) is 41.1 Å². The van der Waals surface area contributed by atoms with E-state index in [-0.39, 0.29) is 11.6 Å². The SMILES string of the molecule is CC(=O)c1cccc(NC(=S)Nc2ccc(F)cc2C)c1. The van der Waals surface area contributed by atoms with Crippen LogP contribution in [0.2, 0.25) is 0 Å². The van der Waals surface area contributed by atoms with Gasteiger partial charge in [0.15, 0.2) is 10.9 Å². The van der Waals surface area contributed by atoms with Gasteiger partial charge in [-0.1, -0.05) is 12.1 Å². The third-order valence-electron chi connectivity index (χ3n) is 2.96. The normalized spacial score (nSPS) is 10.0. The molecule has 0 fully saturated rings. The van der Waals surface area contributed by atoms with Crippen LogP contribution in [0.5, 0.6) is 0 Å². The fraction of sp³-hybridized carbons (Fsp3) is 0.125. The summed E-state index contributed by atoms with van der Waals surface area (Å²) in [6, 6.07) is 11.5. The standard InChI is InChI=1S/C16H15FN2OS/c1-10-8-13(17)6-7-15(10)19-16(21)18-14-5-3-4-12(9-14)11(2)20/h3-9H,1-2H3,(H2,18,19,21). The number of Topliss-reactive ketones (excluding diaryl/α,β-unsaturated/α-hetero) is 1. The maximum Gasteiger partial charge on any atom is 0.175 e. The molecule has 21 heavy (non-hydrogen) atoms. The van der Waals surface area contributed by atoms with Gasteiger partial charge in [-0.2, -0.15) is 0 Å². The first-order chi connectivity index (χ1) is 9.95. The average Bonchev–Trinajstić information content (AvgIpc) is 2.42. The van der Waals surface area contributed by atoms with E-state index in [4.69, 9.17) is 12.2 Å². The van der Waals surface area contributed by atoms with Gasteiger partial charge in [0, 0.05) is 16.9 Å². The number of nitrogens with one attached hydrogen (secondary N) is 2. The molecule has 0 saturated carbocycles. The molecule has 2 N–H and O–H groups in total. The van der Waals surface area contributed by atoms with Crippen LogP contribution in [0.15, 0.2) is 42.5 Å². The Morgan fingerprint density at radius 2 is 1.90 bits per heavy atom. The minimum absolute atomic E-state index is 0.00749. The molecule has 0 saturated heterocycles. The van der Waals surface area contributed by atoms with Crippen LogP contribution in [0.25, 0.3) is 0 Å². The fourth-order valence-corrected chi connectivity index (χ4v) is 2.10. The lowest BCUT2D eigenvalue weighted by Gasteiger charge is -2.13. The Labute approximate surface area is 128 Å². The Kier molecular flexibility index (Phi) is 4.65. The van der Waals surface area contributed by atoms with Crippen LogP contribution >= 0.6 is 12.2 Å². The maximum atomic E-state index is 13.0. The molecule has 0 aliphatic heterocycles. The van der Waals surface area contributed by atoms with Crippen molar-refractivity contribution in [2.45, 2.75) is 13.8 Å². The van der Waals surface area contributed by atoms with Gasteiger partial charge in [-0.15, -0.1) is 0 Å². The number of carbonyl (C=O) groups excluding carboxylic acids is 1. The number of hydrogen-bond donors (Lipinski definition) is 2. The molecular weight excluding hydrogens is 287 g/mol. The van der Waals surface area contributed by atoms with Gasteiger partial charge in [0.25, 0.3) is 0 Å². The second kappa shape index (κ2) is 6.45. The fourth-order valence-electron chi connectivity index (χ4n) is 1.87. The minimum Gasteiger partial charge on any atom is -0.332 e. The van der Waals surface area contributed by atoms with Crippen molar-refractivity contribution >= 4 is 34.5 Å². The molecule has 0 unspecified atom stereocenters. The van der Waals surface area contributed by atoms with E-state index < -0.39 is 0 Å². The molecule has 0 aliphatic rings. The van der Waals surface area contributed by atoms with Gasteiger partial charge in [0.05, 0.1) is 0 Å². The lowest BCUT2D eigenvalue weighted by atomic mass is 10.1. The summed E-state index contributed by atoms with van der Waals surface area (Å²) < 4.78 is 13.0. The average molecular weight is 302 g/mol. The predicted molar refractivity (Wildman–Crippen MR) is 87.4 cm³/mol. The van der Waals surface area contributed by atoms with E-state index in [0.29, 0.717) is 10.7 Å². The number of thiocarbonyl (C=S) groups is 1. The van der Waals surface area contributed by atoms with Gasteiger partial charge >= 0.3 is 0 Å². The maximum absolute atomic E-state index is 13.0. The number of carbonyl (C=O) groups is 1. The molecule has 0 aromatic heterocycles. The summed E-state index contributed by atoms with van der Waals surface area (Å²) in [6.07, 6.45) is 0. The highest BCUT2D eigenvalue weighted by Gasteiger charge is 2.05. The molecule has 108 valence electrons. The second-order valence-electron chi connectivity index (χ2n) is 4.68. The Hall–Kier alpha value is -2.27. The molecule has 0 aliphatic carbocycles. The number of benzene rings is 2. The highest BCUT2D eigenvalue weighted by atomic mass is 32.1. The highest BCUT2D eigenvalue weighted by Crippen LogP contribution is 2.17. The number of anilines is 2. The number of halogens is 1. The zero-order valence-corrected chi connectivity index (χ0v) is 12.6. The number of ketones is 1. The van der Waals surface area contributed by atoms with Gasteiger partial charge in [-0.3, -0.25) is 4.79 Å². The van der Waals surface area contributed by atoms with E-state index in [1.165, 1.54) is 19.1 Å². The molecule has 2 rings (SSSR count). The van der Waals surface area contributed by atoms with Crippen molar-refractivity contribution in [2.75, 3.05) is 10.6 Å². The summed E-state index contributed by atoms with van der Waals surface area (Å²) in [5.41, 5.74) is 2.83. The molecule has 2 aromatic carbocycles. The van der Waals surface area contributed by atoms with Crippen molar-refractivity contribution in [3.8, 4) is 0 Å². The summed E-state index contributed by atoms with van der Waals surface area (Å²) in [4.78, 5) is 11.3. The van der Waals surface area contributed by atoms with E-state index in [1.807, 2.05) is 6.07 Å². The van der Waals surface area contributed by atoms with Gasteiger partial charge in [-0.25, -0.2) is 4.39 Å². The third kappa shape index (κ3) is 4.10. The quantitative estimate of drug-likeness (QED) is 0.660. The molecule has 0 spiro atoms. The summed E-state index contributed by atoms with van der Waals surface area (Å²) >= 11 is 5.22. The molecule has 0 radical (unpaired) electrons. The van der Waals surface area contributed by atoms with E-state index in [1.54, 1.807) is 31.2 Å². The van der Waals surface area contributed by atoms with Crippen LogP contribution in [0, 0.1) is 12.7 Å². The minimum atomic E-state index is -0.286. The number of hydrogen-bond acceptors (Lipinski definition) is 2. The molecule has 0 bridgehead atoms. The Morgan fingerprint density at radius 3 is 2.57 bits per heavy atom. The molecule has 0 heterocycles. The van der Waals surface area contributed by atoms with Gasteiger partial charge < -0.3 is 10.6 Å². The van der Waals surface area contributed by atoms with Crippen molar-refractivity contribution in [3.63, 3.8) is 0 Å². The first-order valence-corrected chi connectivity index (χ1v) is 6.81. The van der Waals surface area contributed by atoms with E-state index >= 15 is 0 Å². The Balaban J connectivity index is 2.08. The zero-order chi connectivity index (χ0) is 15.4. The van der Waals surface area contributed by atoms with E-state index in [0.717, 1.165) is 16.9 Å². The van der Waals surface area contributed by atoms with Crippen LogP contribution in [0.4, 0.5) is 15.8 Å². The molecule has 3 nitrogen and oxygen atoms in total. The zero-order valence-electron chi connectivity index (χ0n) is 11.7. The lowest BCUT2D eigenvalue weighted by Crippen LogP contribution is -2.19. The largest absolute Gasteiger partial charge is 0.332 e. The van der Waals surface area contributed by atoms with Gasteiger partial charge in [-0.05, 0) is 62.0 Å². The van der Waals surface area contributed by atoms with Gasteiger partial charge in [0.2, 0.25) is 0 Å². The van der Waals surface area contributed by atoms with Crippen LogP contribution in [0.3, 0.4) is 0 Å². The molecule has 0 amide bonds. The molecule has 5 heteroatoms. The van der Waals surface area contributed by atoms with E-state index in [9.17, 15) is 9.18 Å². The smallest absolute Gasteiger partial charge is 0.175 e. The molecule has 2 aromatic rings. The molecule has 0 atom stereocenters. The molecular formula is C16H15FN2OS. The van der Waals surface area contributed by atoms with Crippen molar-refractivity contribution in [2.24, 2.45) is 0 Å². The van der Waals surface area contributed by atoms with Crippen LogP contribution < -0.4 is 10.6 Å². The Bertz CT molecular complexity index is 700. The summed E-state index contributed by atoms with van der Waals surface area (Å²) in [5, 5.41) is 6.39. The summed E-state index contributed by atoms with van der Waals surface area (Å²) in [6.45, 7) is 3.31. The summed E-state index contributed by atoms with van der Waals surface area (Å²) in [7, 11) is 0. The summed E-state index contributed by atoms with van der Waals surface area (Å²) in [5.74, 6) is -0.294. The third-order valence-corrected chi connectivity index (χ3v) is 3.17. The number of aryl methyl sites for hydroxylation is 1. The van der Waals surface area contributed by atoms with Crippen LogP contribution in [0.1, 0.15) is 22.8 Å². The van der Waals surface area contributed by atoms with Crippen molar-refractivity contribution in [3.05, 3.63) is 59.4 Å². The number of rotatable bonds is 3. The van der Waals surface area contributed by atoms with Crippen LogP contribution in [-0.2, 0) is 0 Å². The highest BCUT2D eigenvalue weighted by molar-refractivity contribution is 7.80. The first-order valence-electron chi connectivity index (χ1n) is 6.41. The monoisotopic (exact) mass is 302 g/mol. The lowest BCUT2D eigenvalue weighted by molar-refractivity contribution is 0.101. The van der Waals surface area contributed by atoms with Crippen molar-refractivity contribution < 1.29 is 9.18 Å². The van der Waals surface area contributed by atoms with Gasteiger partial charge in [0.1, 0.15) is 5.82 Å².